The van der Waals surface area contributed by atoms with Crippen LogP contribution in [0.4, 0.5) is 4.79 Å². The van der Waals surface area contributed by atoms with Gasteiger partial charge in [-0.2, -0.15) is 0 Å². The number of hydrogen-bond acceptors (Lipinski definition) is 4. The third-order valence-corrected chi connectivity index (χ3v) is 4.59. The number of likely N-dealkylation sites (tertiary alicyclic amines) is 1. The lowest BCUT2D eigenvalue weighted by Crippen LogP contribution is -2.47. The van der Waals surface area contributed by atoms with Crippen molar-refractivity contribution in [1.82, 2.24) is 15.5 Å². The van der Waals surface area contributed by atoms with Crippen molar-refractivity contribution >= 4 is 12.1 Å². The molecule has 1 saturated heterocycles. The van der Waals surface area contributed by atoms with Crippen molar-refractivity contribution in [3.8, 4) is 5.75 Å². The Morgan fingerprint density at radius 1 is 1.29 bits per heavy atom. The molecule has 1 fully saturated rings. The molecule has 0 bridgehead atoms. The highest BCUT2D eigenvalue weighted by molar-refractivity contribution is 5.79. The maximum absolute atomic E-state index is 12.3. The first-order chi connectivity index (χ1) is 13.3. The van der Waals surface area contributed by atoms with Crippen molar-refractivity contribution in [2.45, 2.75) is 45.8 Å². The van der Waals surface area contributed by atoms with Crippen molar-refractivity contribution in [3.63, 3.8) is 0 Å². The molecule has 1 amide bonds. The predicted molar refractivity (Wildman–Crippen MR) is 112 cm³/mol. The molecule has 1 aliphatic rings. The number of amides is 1. The van der Waals surface area contributed by atoms with E-state index in [9.17, 15) is 4.79 Å². The fourth-order valence-electron chi connectivity index (χ4n) is 3.21. The van der Waals surface area contributed by atoms with Crippen LogP contribution < -0.4 is 15.4 Å². The van der Waals surface area contributed by atoms with Crippen molar-refractivity contribution in [3.05, 3.63) is 29.8 Å². The third kappa shape index (κ3) is 6.94. The number of carbonyl (C=O) groups is 1. The number of methoxy groups -OCH3 is 1. The van der Waals surface area contributed by atoms with Gasteiger partial charge >= 0.3 is 6.09 Å². The lowest BCUT2D eigenvalue weighted by Gasteiger charge is -2.34. The molecule has 1 aromatic carbocycles. The maximum Gasteiger partial charge on any atom is 0.410 e. The second-order valence-corrected chi connectivity index (χ2v) is 8.05. The standard InChI is InChI=1S/C21H34N4O3/c1-21(2,3)28-20(26)25-12-8-9-16(15-25)13-23-19(22-4)24-14-17-10-6-7-11-18(17)27-5/h6-7,10-11,16H,8-9,12-15H2,1-5H3,(H2,22,23,24). The lowest BCUT2D eigenvalue weighted by atomic mass is 9.98. The van der Waals surface area contributed by atoms with Crippen LogP contribution in [0, 0.1) is 5.92 Å². The summed E-state index contributed by atoms with van der Waals surface area (Å²) in [4.78, 5) is 18.4. The first kappa shape index (κ1) is 21.9. The van der Waals surface area contributed by atoms with Gasteiger partial charge in [0.05, 0.1) is 7.11 Å². The van der Waals surface area contributed by atoms with Crippen LogP contribution in [-0.4, -0.2) is 56.3 Å². The van der Waals surface area contributed by atoms with Crippen LogP contribution in [0.2, 0.25) is 0 Å². The zero-order chi connectivity index (χ0) is 20.6. The van der Waals surface area contributed by atoms with Crippen molar-refractivity contribution in [1.29, 1.82) is 0 Å². The molecule has 156 valence electrons. The number of piperidine rings is 1. The fraction of sp³-hybridized carbons (Fsp3) is 0.619. The summed E-state index contributed by atoms with van der Waals surface area (Å²) in [6, 6.07) is 7.91. The van der Waals surface area contributed by atoms with E-state index in [0.29, 0.717) is 19.0 Å². The van der Waals surface area contributed by atoms with E-state index < -0.39 is 5.60 Å². The second-order valence-electron chi connectivity index (χ2n) is 8.05. The van der Waals surface area contributed by atoms with E-state index in [0.717, 1.165) is 43.2 Å². The minimum absolute atomic E-state index is 0.226. The summed E-state index contributed by atoms with van der Waals surface area (Å²) in [5.41, 5.74) is 0.605. The predicted octanol–water partition coefficient (Wildman–Crippen LogP) is 3.01. The number of carbonyl (C=O) groups excluding carboxylic acids is 1. The zero-order valence-electron chi connectivity index (χ0n) is 17.7. The van der Waals surface area contributed by atoms with E-state index in [4.69, 9.17) is 9.47 Å². The topological polar surface area (TPSA) is 75.2 Å². The Morgan fingerprint density at radius 2 is 2.04 bits per heavy atom. The van der Waals surface area contributed by atoms with Gasteiger partial charge in [0.2, 0.25) is 0 Å². The molecule has 0 aromatic heterocycles. The van der Waals surface area contributed by atoms with Gasteiger partial charge < -0.3 is 25.0 Å². The Balaban J connectivity index is 1.81. The van der Waals surface area contributed by atoms with Crippen LogP contribution >= 0.6 is 0 Å². The van der Waals surface area contributed by atoms with Crippen LogP contribution in [-0.2, 0) is 11.3 Å². The Kier molecular flexibility index (Phi) is 7.96. The second kappa shape index (κ2) is 10.2. The van der Waals surface area contributed by atoms with Crippen LogP contribution in [0.5, 0.6) is 5.75 Å². The van der Waals surface area contributed by atoms with E-state index in [1.165, 1.54) is 0 Å². The number of para-hydroxylation sites is 1. The summed E-state index contributed by atoms with van der Waals surface area (Å²) in [5.74, 6) is 1.96. The van der Waals surface area contributed by atoms with Gasteiger partial charge in [0.1, 0.15) is 11.4 Å². The third-order valence-electron chi connectivity index (χ3n) is 4.59. The molecule has 1 heterocycles. The number of hydrogen-bond donors (Lipinski definition) is 2. The SMILES string of the molecule is CN=C(NCc1ccccc1OC)NCC1CCCN(C(=O)OC(C)(C)C)C1. The highest BCUT2D eigenvalue weighted by Gasteiger charge is 2.27. The Morgan fingerprint density at radius 3 is 2.71 bits per heavy atom. The van der Waals surface area contributed by atoms with Gasteiger partial charge in [-0.05, 0) is 45.6 Å². The number of guanidine groups is 1. The van der Waals surface area contributed by atoms with Crippen molar-refractivity contribution < 1.29 is 14.3 Å². The largest absolute Gasteiger partial charge is 0.496 e. The number of ether oxygens (including phenoxy) is 2. The molecule has 2 N–H and O–H groups in total. The Hall–Kier alpha value is -2.44. The molecule has 1 unspecified atom stereocenters. The minimum Gasteiger partial charge on any atom is -0.496 e. The quantitative estimate of drug-likeness (QED) is 0.597. The van der Waals surface area contributed by atoms with Crippen LogP contribution in [0.15, 0.2) is 29.3 Å². The first-order valence-corrected chi connectivity index (χ1v) is 9.86. The summed E-state index contributed by atoms with van der Waals surface area (Å²) in [7, 11) is 3.43. The van der Waals surface area contributed by atoms with E-state index in [1.54, 1.807) is 14.2 Å². The molecule has 1 atom stereocenters. The molecule has 2 rings (SSSR count). The van der Waals surface area contributed by atoms with Gasteiger partial charge in [-0.15, -0.1) is 0 Å². The van der Waals surface area contributed by atoms with Gasteiger partial charge in [0.25, 0.3) is 0 Å². The number of benzene rings is 1. The number of nitrogens with one attached hydrogen (secondary N) is 2. The molecule has 0 radical (unpaired) electrons. The highest BCUT2D eigenvalue weighted by Crippen LogP contribution is 2.19. The lowest BCUT2D eigenvalue weighted by molar-refractivity contribution is 0.0168. The van der Waals surface area contributed by atoms with Gasteiger partial charge in [0, 0.05) is 38.8 Å². The Bertz CT molecular complexity index is 670. The van der Waals surface area contributed by atoms with E-state index in [-0.39, 0.29) is 6.09 Å². The minimum atomic E-state index is -0.466. The smallest absolute Gasteiger partial charge is 0.410 e. The molecule has 0 spiro atoms. The summed E-state index contributed by atoms with van der Waals surface area (Å²) in [6.45, 7) is 8.52. The molecule has 1 aliphatic heterocycles. The number of nitrogens with zero attached hydrogens (tertiary/aromatic N) is 2. The van der Waals surface area contributed by atoms with Gasteiger partial charge in [-0.3, -0.25) is 4.99 Å². The fourth-order valence-corrected chi connectivity index (χ4v) is 3.21. The van der Waals surface area contributed by atoms with Crippen molar-refractivity contribution in [2.24, 2.45) is 10.9 Å². The average Bonchev–Trinajstić information content (AvgIpc) is 2.67. The van der Waals surface area contributed by atoms with Crippen LogP contribution in [0.3, 0.4) is 0 Å². The summed E-state index contributed by atoms with van der Waals surface area (Å²) in [5, 5.41) is 6.69. The van der Waals surface area contributed by atoms with E-state index >= 15 is 0 Å². The van der Waals surface area contributed by atoms with Crippen molar-refractivity contribution in [2.75, 3.05) is 33.8 Å². The molecule has 0 aliphatic carbocycles. The monoisotopic (exact) mass is 390 g/mol. The van der Waals surface area contributed by atoms with Gasteiger partial charge in [0.15, 0.2) is 5.96 Å². The van der Waals surface area contributed by atoms with Crippen LogP contribution in [0.25, 0.3) is 0 Å². The molecule has 28 heavy (non-hydrogen) atoms. The average molecular weight is 391 g/mol. The molecule has 7 heteroatoms. The molecule has 0 saturated carbocycles. The Labute approximate surface area is 168 Å². The number of aliphatic imine (C=N–C) groups is 1. The summed E-state index contributed by atoms with van der Waals surface area (Å²) in [6.07, 6.45) is 1.84. The van der Waals surface area contributed by atoms with Gasteiger partial charge in [-0.1, -0.05) is 18.2 Å². The van der Waals surface area contributed by atoms with Crippen LogP contribution in [0.1, 0.15) is 39.2 Å². The normalized spacial score (nSPS) is 17.8. The highest BCUT2D eigenvalue weighted by atomic mass is 16.6. The first-order valence-electron chi connectivity index (χ1n) is 9.86. The van der Waals surface area contributed by atoms with E-state index in [2.05, 4.69) is 15.6 Å². The number of rotatable bonds is 5. The molecule has 1 aromatic rings. The summed E-state index contributed by atoms with van der Waals surface area (Å²) >= 11 is 0. The summed E-state index contributed by atoms with van der Waals surface area (Å²) < 4.78 is 10.9. The molecular formula is C21H34N4O3. The molecular weight excluding hydrogens is 356 g/mol. The maximum atomic E-state index is 12.3. The van der Waals surface area contributed by atoms with Gasteiger partial charge in [-0.25, -0.2) is 4.79 Å². The zero-order valence-corrected chi connectivity index (χ0v) is 17.7. The molecule has 7 nitrogen and oxygen atoms in total. The van der Waals surface area contributed by atoms with E-state index in [1.807, 2.05) is 49.9 Å².